The molecule has 0 aliphatic heterocycles. The van der Waals surface area contributed by atoms with E-state index in [9.17, 15) is 4.39 Å². The molecule has 0 aliphatic rings. The molecule has 4 heteroatoms. The quantitative estimate of drug-likeness (QED) is 0.667. The Bertz CT molecular complexity index is 305. The number of nitrogens with two attached hydrogens (primary N) is 1. The molecule has 1 rings (SSSR count). The van der Waals surface area contributed by atoms with Gasteiger partial charge in [0.15, 0.2) is 11.6 Å². The van der Waals surface area contributed by atoms with Crippen molar-refractivity contribution in [2.75, 3.05) is 5.73 Å². The molecule has 0 fully saturated rings. The maximum atomic E-state index is 13.0. The first-order valence-corrected chi connectivity index (χ1v) is 4.12. The Labute approximate surface area is 77.2 Å². The molecule has 0 aromatic carbocycles. The first-order valence-electron chi connectivity index (χ1n) is 4.12. The van der Waals surface area contributed by atoms with E-state index in [-0.39, 0.29) is 11.2 Å². The summed E-state index contributed by atoms with van der Waals surface area (Å²) in [7, 11) is 0. The van der Waals surface area contributed by atoms with Crippen LogP contribution in [-0.4, -0.2) is 9.97 Å². The number of rotatable bonds is 0. The summed E-state index contributed by atoms with van der Waals surface area (Å²) in [6.07, 6.45) is 0. The van der Waals surface area contributed by atoms with Crippen LogP contribution in [0.4, 0.5) is 10.2 Å². The summed E-state index contributed by atoms with van der Waals surface area (Å²) in [5.41, 5.74) is 5.49. The number of hydrogen-bond acceptors (Lipinski definition) is 3. The zero-order chi connectivity index (χ0) is 10.2. The third kappa shape index (κ3) is 1.94. The smallest absolute Gasteiger partial charge is 0.186 e. The molecule has 72 valence electrons. The molecule has 0 saturated carbocycles. The molecule has 2 N–H and O–H groups in total. The van der Waals surface area contributed by atoms with Crippen LogP contribution < -0.4 is 5.73 Å². The van der Waals surface area contributed by atoms with Crippen LogP contribution in [0.2, 0.25) is 0 Å². The lowest BCUT2D eigenvalue weighted by Crippen LogP contribution is -2.18. The van der Waals surface area contributed by atoms with Crippen molar-refractivity contribution in [3.63, 3.8) is 0 Å². The van der Waals surface area contributed by atoms with Crippen molar-refractivity contribution in [2.45, 2.75) is 33.1 Å². The van der Waals surface area contributed by atoms with E-state index in [1.54, 1.807) is 6.92 Å². The largest absolute Gasteiger partial charge is 0.381 e. The van der Waals surface area contributed by atoms with Crippen molar-refractivity contribution in [3.05, 3.63) is 17.3 Å². The molecule has 0 aliphatic carbocycles. The number of hydrogen-bond donors (Lipinski definition) is 1. The van der Waals surface area contributed by atoms with Gasteiger partial charge in [0.25, 0.3) is 0 Å². The van der Waals surface area contributed by atoms with Gasteiger partial charge in [-0.2, -0.15) is 0 Å². The van der Waals surface area contributed by atoms with E-state index in [0.717, 1.165) is 0 Å². The highest BCUT2D eigenvalue weighted by Crippen LogP contribution is 2.21. The molecule has 0 unspecified atom stereocenters. The highest BCUT2D eigenvalue weighted by atomic mass is 19.1. The normalized spacial score (nSPS) is 11.8. The first kappa shape index (κ1) is 9.89. The topological polar surface area (TPSA) is 51.8 Å². The SMILES string of the molecule is Cc1nc(C(C)(C)C)nc(N)c1F. The molecule has 0 bridgehead atoms. The fourth-order valence-electron chi connectivity index (χ4n) is 0.917. The molecule has 1 aromatic rings. The zero-order valence-electron chi connectivity index (χ0n) is 8.35. The molecule has 0 saturated heterocycles. The fourth-order valence-corrected chi connectivity index (χ4v) is 0.917. The Morgan fingerprint density at radius 3 is 2.15 bits per heavy atom. The van der Waals surface area contributed by atoms with Crippen molar-refractivity contribution in [1.82, 2.24) is 9.97 Å². The Morgan fingerprint density at radius 1 is 1.23 bits per heavy atom. The van der Waals surface area contributed by atoms with Gasteiger partial charge in [0, 0.05) is 5.41 Å². The summed E-state index contributed by atoms with van der Waals surface area (Å²) in [5.74, 6) is -0.0191. The fraction of sp³-hybridized carbons (Fsp3) is 0.556. The van der Waals surface area contributed by atoms with Gasteiger partial charge in [0.2, 0.25) is 0 Å². The van der Waals surface area contributed by atoms with Crippen molar-refractivity contribution in [2.24, 2.45) is 0 Å². The van der Waals surface area contributed by atoms with Gasteiger partial charge >= 0.3 is 0 Å². The van der Waals surface area contributed by atoms with Gasteiger partial charge in [-0.15, -0.1) is 0 Å². The third-order valence-electron chi connectivity index (χ3n) is 1.71. The van der Waals surface area contributed by atoms with Gasteiger partial charge in [-0.3, -0.25) is 0 Å². The van der Waals surface area contributed by atoms with Crippen LogP contribution in [0.25, 0.3) is 0 Å². The number of nitrogens with zero attached hydrogens (tertiary/aromatic N) is 2. The number of halogens is 1. The summed E-state index contributed by atoms with van der Waals surface area (Å²) in [4.78, 5) is 7.94. The van der Waals surface area contributed by atoms with Gasteiger partial charge in [-0.25, -0.2) is 14.4 Å². The first-order chi connectivity index (χ1) is 5.82. The van der Waals surface area contributed by atoms with Gasteiger partial charge in [0.05, 0.1) is 5.69 Å². The molecule has 1 aromatic heterocycles. The van der Waals surface area contributed by atoms with E-state index in [1.165, 1.54) is 0 Å². The lowest BCUT2D eigenvalue weighted by Gasteiger charge is -2.17. The molecular formula is C9H14FN3. The van der Waals surface area contributed by atoms with Crippen LogP contribution in [0, 0.1) is 12.7 Å². The van der Waals surface area contributed by atoms with E-state index in [0.29, 0.717) is 11.5 Å². The molecule has 1 heterocycles. The van der Waals surface area contributed by atoms with Crippen molar-refractivity contribution in [3.8, 4) is 0 Å². The Kier molecular flexibility index (Phi) is 2.24. The Morgan fingerprint density at radius 2 is 1.77 bits per heavy atom. The minimum Gasteiger partial charge on any atom is -0.381 e. The highest BCUT2D eigenvalue weighted by Gasteiger charge is 2.20. The highest BCUT2D eigenvalue weighted by molar-refractivity contribution is 5.33. The third-order valence-corrected chi connectivity index (χ3v) is 1.71. The van der Waals surface area contributed by atoms with Crippen molar-refractivity contribution in [1.29, 1.82) is 0 Å². The maximum Gasteiger partial charge on any atom is 0.186 e. The van der Waals surface area contributed by atoms with Crippen LogP contribution in [-0.2, 0) is 5.41 Å². The molecule has 3 nitrogen and oxygen atoms in total. The monoisotopic (exact) mass is 183 g/mol. The predicted molar refractivity (Wildman–Crippen MR) is 49.8 cm³/mol. The second-order valence-corrected chi connectivity index (χ2v) is 4.08. The molecule has 0 radical (unpaired) electrons. The van der Waals surface area contributed by atoms with Crippen LogP contribution in [0.1, 0.15) is 32.3 Å². The van der Waals surface area contributed by atoms with Crippen LogP contribution in [0.3, 0.4) is 0 Å². The van der Waals surface area contributed by atoms with E-state index >= 15 is 0 Å². The Balaban J connectivity index is 3.29. The van der Waals surface area contributed by atoms with Crippen LogP contribution in [0.15, 0.2) is 0 Å². The predicted octanol–water partition coefficient (Wildman–Crippen LogP) is 1.80. The van der Waals surface area contributed by atoms with E-state index < -0.39 is 5.82 Å². The van der Waals surface area contributed by atoms with E-state index in [2.05, 4.69) is 9.97 Å². The minimum atomic E-state index is -0.520. The zero-order valence-corrected chi connectivity index (χ0v) is 8.35. The van der Waals surface area contributed by atoms with Gasteiger partial charge in [-0.05, 0) is 6.92 Å². The van der Waals surface area contributed by atoms with Crippen LogP contribution in [0.5, 0.6) is 0 Å². The number of aromatic nitrogens is 2. The molecule has 0 amide bonds. The lowest BCUT2D eigenvalue weighted by atomic mass is 9.95. The summed E-state index contributed by atoms with van der Waals surface area (Å²) >= 11 is 0. The molecular weight excluding hydrogens is 169 g/mol. The molecule has 0 atom stereocenters. The van der Waals surface area contributed by atoms with Crippen LogP contribution >= 0.6 is 0 Å². The lowest BCUT2D eigenvalue weighted by molar-refractivity contribution is 0.528. The van der Waals surface area contributed by atoms with E-state index in [4.69, 9.17) is 5.73 Å². The number of nitrogen functional groups attached to an aromatic ring is 1. The van der Waals surface area contributed by atoms with Gasteiger partial charge in [0.1, 0.15) is 5.82 Å². The van der Waals surface area contributed by atoms with Gasteiger partial charge < -0.3 is 5.73 Å². The summed E-state index contributed by atoms with van der Waals surface area (Å²) in [6, 6.07) is 0. The minimum absolute atomic E-state index is 0.0718. The second kappa shape index (κ2) is 2.94. The second-order valence-electron chi connectivity index (χ2n) is 4.08. The summed E-state index contributed by atoms with van der Waals surface area (Å²) < 4.78 is 13.0. The standard InChI is InChI=1S/C9H14FN3/c1-5-6(10)7(11)13-8(12-5)9(2,3)4/h1-4H3,(H2,11,12,13). The average molecular weight is 183 g/mol. The molecule has 13 heavy (non-hydrogen) atoms. The van der Waals surface area contributed by atoms with E-state index in [1.807, 2.05) is 20.8 Å². The summed E-state index contributed by atoms with van der Waals surface area (Å²) in [5, 5.41) is 0. The Hall–Kier alpha value is -1.19. The number of anilines is 1. The van der Waals surface area contributed by atoms with Gasteiger partial charge in [-0.1, -0.05) is 20.8 Å². The summed E-state index contributed by atoms with van der Waals surface area (Å²) in [6.45, 7) is 7.46. The number of aryl methyl sites for hydroxylation is 1. The maximum absolute atomic E-state index is 13.0. The average Bonchev–Trinajstić information content (AvgIpc) is 1.97. The van der Waals surface area contributed by atoms with Crippen molar-refractivity contribution >= 4 is 5.82 Å². The molecule has 0 spiro atoms. The van der Waals surface area contributed by atoms with Crippen molar-refractivity contribution < 1.29 is 4.39 Å².